The second-order valence-corrected chi connectivity index (χ2v) is 7.31. The van der Waals surface area contributed by atoms with Crippen LogP contribution in [-0.4, -0.2) is 39.4 Å². The van der Waals surface area contributed by atoms with E-state index in [1.165, 1.54) is 0 Å². The van der Waals surface area contributed by atoms with Crippen molar-refractivity contribution in [3.63, 3.8) is 0 Å². The number of rotatable bonds is 4. The number of nitrogens with zero attached hydrogens (tertiary/aromatic N) is 2. The molecule has 2 rings (SSSR count). The maximum absolute atomic E-state index is 10.9. The molecule has 0 radical (unpaired) electrons. The molecule has 0 amide bonds. The van der Waals surface area contributed by atoms with E-state index in [1.54, 1.807) is 6.20 Å². The average molecular weight is 349 g/mol. The summed E-state index contributed by atoms with van der Waals surface area (Å²) < 4.78 is 27.7. The number of hydrogen-bond acceptors (Lipinski definition) is 5. The molecule has 1 fully saturated rings. The summed E-state index contributed by atoms with van der Waals surface area (Å²) in [6, 6.07) is 3.96. The van der Waals surface area contributed by atoms with Gasteiger partial charge in [-0.25, -0.2) is 4.98 Å². The molecule has 19 heavy (non-hydrogen) atoms. The zero-order valence-corrected chi connectivity index (χ0v) is 13.2. The molecule has 0 bridgehead atoms. The molecule has 0 N–H and O–H groups in total. The summed E-state index contributed by atoms with van der Waals surface area (Å²) in [5, 5.41) is 0. The zero-order valence-electron chi connectivity index (χ0n) is 10.8. The van der Waals surface area contributed by atoms with E-state index in [1.807, 2.05) is 12.1 Å². The van der Waals surface area contributed by atoms with Gasteiger partial charge < -0.3 is 4.90 Å². The van der Waals surface area contributed by atoms with Crippen molar-refractivity contribution in [1.29, 1.82) is 0 Å². The lowest BCUT2D eigenvalue weighted by Gasteiger charge is -2.32. The zero-order chi connectivity index (χ0) is 13.9. The molecule has 2 heterocycles. The van der Waals surface area contributed by atoms with Gasteiger partial charge >= 0.3 is 0 Å². The van der Waals surface area contributed by atoms with Crippen LogP contribution < -0.4 is 4.90 Å². The van der Waals surface area contributed by atoms with Crippen LogP contribution in [0.3, 0.4) is 0 Å². The molecule has 1 aromatic heterocycles. The summed E-state index contributed by atoms with van der Waals surface area (Å²) in [5.41, 5.74) is 0. The van der Waals surface area contributed by atoms with E-state index in [9.17, 15) is 8.42 Å². The Bertz CT molecular complexity index is 510. The Morgan fingerprint density at radius 1 is 1.42 bits per heavy atom. The van der Waals surface area contributed by atoms with Gasteiger partial charge in [0.2, 0.25) is 0 Å². The van der Waals surface area contributed by atoms with Gasteiger partial charge in [0, 0.05) is 23.8 Å². The molecular weight excluding hydrogens is 332 g/mol. The number of anilines is 1. The number of aromatic nitrogens is 1. The van der Waals surface area contributed by atoms with Crippen LogP contribution >= 0.6 is 15.9 Å². The van der Waals surface area contributed by atoms with Gasteiger partial charge in [0.15, 0.2) is 0 Å². The van der Waals surface area contributed by atoms with Crippen LogP contribution in [0.2, 0.25) is 0 Å². The monoisotopic (exact) mass is 348 g/mol. The van der Waals surface area contributed by atoms with E-state index in [0.29, 0.717) is 12.5 Å². The molecule has 0 aromatic carbocycles. The topological polar surface area (TPSA) is 59.5 Å². The molecule has 0 unspecified atom stereocenters. The van der Waals surface area contributed by atoms with Crippen molar-refractivity contribution in [3.8, 4) is 0 Å². The fraction of sp³-hybridized carbons (Fsp3) is 0.583. The second kappa shape index (κ2) is 6.19. The average Bonchev–Trinajstić information content (AvgIpc) is 2.37. The lowest BCUT2D eigenvalue weighted by Crippen LogP contribution is -2.35. The van der Waals surface area contributed by atoms with Gasteiger partial charge in [0.1, 0.15) is 5.82 Å². The van der Waals surface area contributed by atoms with Crippen LogP contribution in [0.5, 0.6) is 0 Å². The third-order valence-electron chi connectivity index (χ3n) is 3.17. The molecule has 1 aromatic rings. The standard InChI is InChI=1S/C12H17BrN2O3S/c1-19(16,17)18-9-10-4-6-15(7-5-10)12-3-2-11(13)8-14-12/h2-3,8,10H,4-7,9H2,1H3. The highest BCUT2D eigenvalue weighted by Crippen LogP contribution is 2.23. The molecule has 0 saturated carbocycles. The minimum absolute atomic E-state index is 0.292. The highest BCUT2D eigenvalue weighted by molar-refractivity contribution is 9.10. The van der Waals surface area contributed by atoms with Crippen LogP contribution in [0.25, 0.3) is 0 Å². The van der Waals surface area contributed by atoms with E-state index < -0.39 is 10.1 Å². The number of pyridine rings is 1. The predicted octanol–water partition coefficient (Wildman–Crippen LogP) is 2.04. The van der Waals surface area contributed by atoms with Crippen LogP contribution in [-0.2, 0) is 14.3 Å². The summed E-state index contributed by atoms with van der Waals surface area (Å²) in [6.45, 7) is 2.05. The molecule has 0 spiro atoms. The molecule has 0 atom stereocenters. The van der Waals surface area contributed by atoms with Crippen molar-refractivity contribution in [2.45, 2.75) is 12.8 Å². The summed E-state index contributed by atoms with van der Waals surface area (Å²) >= 11 is 3.36. The minimum atomic E-state index is -3.33. The summed E-state index contributed by atoms with van der Waals surface area (Å²) in [5.74, 6) is 1.27. The van der Waals surface area contributed by atoms with Gasteiger partial charge in [0.05, 0.1) is 12.9 Å². The van der Waals surface area contributed by atoms with Gasteiger partial charge in [0.25, 0.3) is 10.1 Å². The Hall–Kier alpha value is -0.660. The van der Waals surface area contributed by atoms with Crippen molar-refractivity contribution in [2.24, 2.45) is 5.92 Å². The van der Waals surface area contributed by atoms with Crippen molar-refractivity contribution in [1.82, 2.24) is 4.98 Å². The smallest absolute Gasteiger partial charge is 0.264 e. The van der Waals surface area contributed by atoms with E-state index in [0.717, 1.165) is 42.5 Å². The van der Waals surface area contributed by atoms with Crippen LogP contribution in [0, 0.1) is 5.92 Å². The SMILES string of the molecule is CS(=O)(=O)OCC1CCN(c2ccc(Br)cn2)CC1. The Morgan fingerprint density at radius 2 is 2.11 bits per heavy atom. The first-order valence-electron chi connectivity index (χ1n) is 6.15. The summed E-state index contributed by atoms with van der Waals surface area (Å²) in [6.07, 6.45) is 4.72. The van der Waals surface area contributed by atoms with Gasteiger partial charge in [-0.05, 0) is 46.8 Å². The highest BCUT2D eigenvalue weighted by atomic mass is 79.9. The van der Waals surface area contributed by atoms with Gasteiger partial charge in [-0.3, -0.25) is 4.18 Å². The van der Waals surface area contributed by atoms with Crippen molar-refractivity contribution in [3.05, 3.63) is 22.8 Å². The third-order valence-corrected chi connectivity index (χ3v) is 4.20. The number of hydrogen-bond donors (Lipinski definition) is 0. The Kier molecular flexibility index (Phi) is 4.81. The lowest BCUT2D eigenvalue weighted by atomic mass is 9.98. The quantitative estimate of drug-likeness (QED) is 0.779. The van der Waals surface area contributed by atoms with Gasteiger partial charge in [-0.1, -0.05) is 0 Å². The van der Waals surface area contributed by atoms with E-state index in [2.05, 4.69) is 25.8 Å². The molecule has 1 aliphatic rings. The molecule has 7 heteroatoms. The molecule has 1 saturated heterocycles. The predicted molar refractivity (Wildman–Crippen MR) is 77.7 cm³/mol. The molecule has 0 aliphatic carbocycles. The molecule has 1 aliphatic heterocycles. The Balaban J connectivity index is 1.84. The Labute approximate surface area is 122 Å². The maximum atomic E-state index is 10.9. The first-order valence-corrected chi connectivity index (χ1v) is 8.76. The fourth-order valence-electron chi connectivity index (χ4n) is 2.10. The summed E-state index contributed by atoms with van der Waals surface area (Å²) in [7, 11) is -3.33. The van der Waals surface area contributed by atoms with Gasteiger partial charge in [-0.15, -0.1) is 0 Å². The van der Waals surface area contributed by atoms with E-state index in [-0.39, 0.29) is 0 Å². The fourth-order valence-corrected chi connectivity index (χ4v) is 2.78. The second-order valence-electron chi connectivity index (χ2n) is 4.75. The summed E-state index contributed by atoms with van der Waals surface area (Å²) in [4.78, 5) is 6.58. The van der Waals surface area contributed by atoms with Crippen molar-refractivity contribution in [2.75, 3.05) is 30.9 Å². The Morgan fingerprint density at radius 3 is 2.63 bits per heavy atom. The first kappa shape index (κ1) is 14.7. The normalized spacial score (nSPS) is 17.7. The van der Waals surface area contributed by atoms with Gasteiger partial charge in [-0.2, -0.15) is 8.42 Å². The van der Waals surface area contributed by atoms with Crippen LogP contribution in [0.1, 0.15) is 12.8 Å². The minimum Gasteiger partial charge on any atom is -0.357 e. The maximum Gasteiger partial charge on any atom is 0.264 e. The molecule has 106 valence electrons. The highest BCUT2D eigenvalue weighted by Gasteiger charge is 2.21. The van der Waals surface area contributed by atoms with E-state index >= 15 is 0 Å². The lowest BCUT2D eigenvalue weighted by molar-refractivity contribution is 0.229. The van der Waals surface area contributed by atoms with Crippen molar-refractivity contribution < 1.29 is 12.6 Å². The largest absolute Gasteiger partial charge is 0.357 e. The van der Waals surface area contributed by atoms with Crippen molar-refractivity contribution >= 4 is 31.9 Å². The molecule has 5 nitrogen and oxygen atoms in total. The number of piperidine rings is 1. The third kappa shape index (κ3) is 4.74. The molecular formula is C12H17BrN2O3S. The van der Waals surface area contributed by atoms with Crippen LogP contribution in [0.4, 0.5) is 5.82 Å². The van der Waals surface area contributed by atoms with Crippen LogP contribution in [0.15, 0.2) is 22.8 Å². The number of halogens is 1. The first-order chi connectivity index (χ1) is 8.94. The van der Waals surface area contributed by atoms with E-state index in [4.69, 9.17) is 4.18 Å².